The van der Waals surface area contributed by atoms with Crippen molar-refractivity contribution in [2.24, 2.45) is 5.73 Å². The molecule has 2 N–H and O–H groups in total. The summed E-state index contributed by atoms with van der Waals surface area (Å²) in [5.74, 6) is 1.02. The molecule has 88 valence electrons. The highest BCUT2D eigenvalue weighted by Gasteiger charge is 2.49. The maximum Gasteiger partial charge on any atom is 0.247 e. The van der Waals surface area contributed by atoms with Crippen LogP contribution in [0.5, 0.6) is 0 Å². The fourth-order valence-corrected chi connectivity index (χ4v) is 4.11. The minimum absolute atomic E-state index is 0.0604. The van der Waals surface area contributed by atoms with Gasteiger partial charge in [-0.05, 0) is 25.3 Å². The third-order valence-corrected chi connectivity index (χ3v) is 4.96. The molecule has 0 aromatic rings. The summed E-state index contributed by atoms with van der Waals surface area (Å²) in [6.45, 7) is 2.87. The number of nitrogens with two attached hydrogens (primary N) is 1. The number of ether oxygens (including phenoxy) is 1. The Labute approximate surface area is 99.2 Å². The van der Waals surface area contributed by atoms with Gasteiger partial charge in [-0.3, -0.25) is 4.79 Å². The molecule has 0 aliphatic carbocycles. The second-order valence-corrected chi connectivity index (χ2v) is 5.65. The maximum atomic E-state index is 11.7. The molecule has 0 aromatic carbocycles. The van der Waals surface area contributed by atoms with Crippen LogP contribution in [0.15, 0.2) is 11.3 Å². The van der Waals surface area contributed by atoms with Gasteiger partial charge in [0.05, 0.1) is 6.10 Å². The summed E-state index contributed by atoms with van der Waals surface area (Å²) in [5, 5.41) is 0.164. The van der Waals surface area contributed by atoms with E-state index in [0.29, 0.717) is 0 Å². The predicted molar refractivity (Wildman–Crippen MR) is 62.7 cm³/mol. The van der Waals surface area contributed by atoms with E-state index in [1.807, 2.05) is 11.8 Å². The molecule has 5 heteroatoms. The van der Waals surface area contributed by atoms with Gasteiger partial charge in [-0.25, -0.2) is 0 Å². The van der Waals surface area contributed by atoms with Crippen molar-refractivity contribution in [3.05, 3.63) is 11.3 Å². The molecular weight excluding hydrogens is 224 g/mol. The Morgan fingerprint density at radius 3 is 3.06 bits per heavy atom. The molecule has 3 aliphatic rings. The van der Waals surface area contributed by atoms with Crippen molar-refractivity contribution >= 4 is 17.7 Å². The third-order valence-electron chi connectivity index (χ3n) is 3.64. The van der Waals surface area contributed by atoms with Crippen LogP contribution in [0.4, 0.5) is 0 Å². The molecular formula is C11H16N2O2S. The van der Waals surface area contributed by atoms with Gasteiger partial charge in [0, 0.05) is 18.1 Å². The first-order valence-electron chi connectivity index (χ1n) is 5.71. The highest BCUT2D eigenvalue weighted by Crippen LogP contribution is 2.41. The summed E-state index contributed by atoms with van der Waals surface area (Å²) in [4.78, 5) is 13.5. The van der Waals surface area contributed by atoms with Gasteiger partial charge in [0.15, 0.2) is 0 Å². The van der Waals surface area contributed by atoms with E-state index >= 15 is 0 Å². The fourth-order valence-electron chi connectivity index (χ4n) is 2.63. The molecule has 3 rings (SSSR count). The van der Waals surface area contributed by atoms with Gasteiger partial charge in [-0.1, -0.05) is 0 Å². The largest absolute Gasteiger partial charge is 0.374 e. The van der Waals surface area contributed by atoms with E-state index in [1.165, 1.54) is 5.57 Å². The van der Waals surface area contributed by atoms with Crippen molar-refractivity contribution < 1.29 is 9.53 Å². The number of allylic oxidation sites excluding steroid dienone is 1. The number of fused-ring (bicyclic) bond motifs is 1. The smallest absolute Gasteiger partial charge is 0.247 e. The lowest BCUT2D eigenvalue weighted by Crippen LogP contribution is -2.67. The van der Waals surface area contributed by atoms with Gasteiger partial charge in [0.25, 0.3) is 0 Å². The number of hydrogen-bond acceptors (Lipinski definition) is 4. The average Bonchev–Trinajstić information content (AvgIpc) is 2.81. The zero-order valence-corrected chi connectivity index (χ0v) is 10.1. The van der Waals surface area contributed by atoms with Crippen molar-refractivity contribution in [2.75, 3.05) is 12.4 Å². The van der Waals surface area contributed by atoms with Gasteiger partial charge < -0.3 is 15.4 Å². The molecule has 0 saturated carbocycles. The SMILES string of the molecule is CC1=C([C@@H]2CCCO2)CS[C@@H]2[C@H](N)C(=O)N12. The average molecular weight is 240 g/mol. The maximum absolute atomic E-state index is 11.7. The van der Waals surface area contributed by atoms with Gasteiger partial charge in [0.1, 0.15) is 11.4 Å². The van der Waals surface area contributed by atoms with Crippen LogP contribution in [0.2, 0.25) is 0 Å². The van der Waals surface area contributed by atoms with Crippen LogP contribution in [-0.4, -0.2) is 40.7 Å². The number of rotatable bonds is 1. The summed E-state index contributed by atoms with van der Waals surface area (Å²) in [5.41, 5.74) is 8.15. The number of amides is 1. The van der Waals surface area contributed by atoms with Crippen LogP contribution in [0.25, 0.3) is 0 Å². The molecule has 0 spiro atoms. The minimum Gasteiger partial charge on any atom is -0.374 e. The lowest BCUT2D eigenvalue weighted by molar-refractivity contribution is -0.141. The van der Waals surface area contributed by atoms with E-state index in [-0.39, 0.29) is 23.4 Å². The minimum atomic E-state index is -0.300. The monoisotopic (exact) mass is 240 g/mol. The summed E-state index contributed by atoms with van der Waals surface area (Å²) < 4.78 is 5.69. The number of carbonyl (C=O) groups is 1. The predicted octanol–water partition coefficient (Wildman–Crippen LogP) is 0.682. The standard InChI is InChI=1S/C11H16N2O2S/c1-6-7(8-3-2-4-15-8)5-16-11-9(12)10(14)13(6)11/h8-9,11H,2-5,12H2,1H3/t8-,9+,11+/m0/s1. The number of hydrogen-bond donors (Lipinski definition) is 1. The van der Waals surface area contributed by atoms with Gasteiger partial charge in [0.2, 0.25) is 5.91 Å². The fraction of sp³-hybridized carbons (Fsp3) is 0.727. The van der Waals surface area contributed by atoms with Crippen LogP contribution in [0.1, 0.15) is 19.8 Å². The highest BCUT2D eigenvalue weighted by molar-refractivity contribution is 8.00. The van der Waals surface area contributed by atoms with Gasteiger partial charge in [-0.15, -0.1) is 11.8 Å². The Bertz CT molecular complexity index is 363. The summed E-state index contributed by atoms with van der Waals surface area (Å²) >= 11 is 1.77. The highest BCUT2D eigenvalue weighted by atomic mass is 32.2. The first-order chi connectivity index (χ1) is 7.70. The van der Waals surface area contributed by atoms with Crippen LogP contribution in [0.3, 0.4) is 0 Å². The van der Waals surface area contributed by atoms with E-state index in [1.54, 1.807) is 11.8 Å². The normalized spacial score (nSPS) is 38.8. The quantitative estimate of drug-likeness (QED) is 0.685. The second kappa shape index (κ2) is 3.75. The molecule has 16 heavy (non-hydrogen) atoms. The molecule has 3 heterocycles. The number of carbonyl (C=O) groups excluding carboxylic acids is 1. The lowest BCUT2D eigenvalue weighted by atomic mass is 10.0. The van der Waals surface area contributed by atoms with Crippen LogP contribution in [-0.2, 0) is 9.53 Å². The third kappa shape index (κ3) is 1.35. The van der Waals surface area contributed by atoms with Crippen LogP contribution in [0, 0.1) is 0 Å². The zero-order chi connectivity index (χ0) is 11.3. The molecule has 0 bridgehead atoms. The van der Waals surface area contributed by atoms with E-state index in [2.05, 4.69) is 0 Å². The van der Waals surface area contributed by atoms with Crippen LogP contribution >= 0.6 is 11.8 Å². The zero-order valence-electron chi connectivity index (χ0n) is 9.31. The Balaban J connectivity index is 1.86. The molecule has 2 saturated heterocycles. The van der Waals surface area contributed by atoms with Crippen molar-refractivity contribution in [3.63, 3.8) is 0 Å². The second-order valence-electron chi connectivity index (χ2n) is 4.55. The Morgan fingerprint density at radius 2 is 2.38 bits per heavy atom. The van der Waals surface area contributed by atoms with Crippen molar-refractivity contribution in [3.8, 4) is 0 Å². The van der Waals surface area contributed by atoms with E-state index in [9.17, 15) is 4.79 Å². The van der Waals surface area contributed by atoms with E-state index in [0.717, 1.165) is 30.9 Å². The summed E-state index contributed by atoms with van der Waals surface area (Å²) in [6.07, 6.45) is 2.45. The number of β-lactam (4-membered cyclic amide) rings is 1. The molecule has 0 unspecified atom stereocenters. The van der Waals surface area contributed by atoms with E-state index in [4.69, 9.17) is 10.5 Å². The molecule has 3 aliphatic heterocycles. The van der Waals surface area contributed by atoms with Gasteiger partial charge >= 0.3 is 0 Å². The topological polar surface area (TPSA) is 55.6 Å². The molecule has 1 amide bonds. The lowest BCUT2D eigenvalue weighted by Gasteiger charge is -2.49. The van der Waals surface area contributed by atoms with E-state index < -0.39 is 0 Å². The van der Waals surface area contributed by atoms with Crippen molar-refractivity contribution in [1.29, 1.82) is 0 Å². The first-order valence-corrected chi connectivity index (χ1v) is 6.76. The Morgan fingerprint density at radius 1 is 1.56 bits per heavy atom. The van der Waals surface area contributed by atoms with Crippen molar-refractivity contribution in [2.45, 2.75) is 37.3 Å². The molecule has 4 nitrogen and oxygen atoms in total. The Hall–Kier alpha value is -0.520. The number of nitrogens with zero attached hydrogens (tertiary/aromatic N) is 1. The summed E-state index contributed by atoms with van der Waals surface area (Å²) in [6, 6.07) is -0.300. The molecule has 0 aromatic heterocycles. The van der Waals surface area contributed by atoms with Crippen LogP contribution < -0.4 is 5.73 Å². The summed E-state index contributed by atoms with van der Waals surface area (Å²) in [7, 11) is 0. The molecule has 2 fully saturated rings. The molecule has 3 atom stereocenters. The first kappa shape index (κ1) is 10.6. The van der Waals surface area contributed by atoms with Gasteiger partial charge in [-0.2, -0.15) is 0 Å². The number of thioether (sulfide) groups is 1. The Kier molecular flexibility index (Phi) is 2.49. The molecule has 0 radical (unpaired) electrons. The van der Waals surface area contributed by atoms with Crippen molar-refractivity contribution in [1.82, 2.24) is 4.90 Å².